The number of nitrogens with one attached hydrogen (secondary N) is 2. The summed E-state index contributed by atoms with van der Waals surface area (Å²) in [6.07, 6.45) is 0.940. The van der Waals surface area contributed by atoms with E-state index in [1.807, 2.05) is 18.3 Å². The SMILES string of the molecule is CCNC(=NCc1cc(C(=O)OC)c(C)o1)NC(C)Cc1ccc(C)s1.I. The van der Waals surface area contributed by atoms with Crippen LogP contribution in [0.3, 0.4) is 0 Å². The maximum atomic E-state index is 11.7. The van der Waals surface area contributed by atoms with Gasteiger partial charge in [0.1, 0.15) is 23.6 Å². The zero-order chi connectivity index (χ0) is 19.1. The standard InChI is InChI=1S/C19H27N3O3S.HI/c1-6-20-19(22-12(2)9-16-8-7-13(3)26-16)21-11-15-10-17(14(4)25-15)18(23)24-5;/h7-8,10,12H,6,9,11H2,1-5H3,(H2,20,21,22);1H. The number of carbonyl (C=O) groups excluding carboxylic acids is 1. The Morgan fingerprint density at radius 2 is 2.11 bits per heavy atom. The van der Waals surface area contributed by atoms with Crippen LogP contribution in [0.1, 0.15) is 45.5 Å². The molecule has 150 valence electrons. The van der Waals surface area contributed by atoms with Crippen molar-refractivity contribution in [2.75, 3.05) is 13.7 Å². The minimum atomic E-state index is -0.397. The molecule has 0 aliphatic rings. The Labute approximate surface area is 181 Å². The lowest BCUT2D eigenvalue weighted by molar-refractivity contribution is 0.0599. The molecule has 8 heteroatoms. The number of halogens is 1. The molecular weight excluding hydrogens is 477 g/mol. The first-order valence-corrected chi connectivity index (χ1v) is 9.52. The summed E-state index contributed by atoms with van der Waals surface area (Å²) in [6.45, 7) is 9.13. The smallest absolute Gasteiger partial charge is 0.341 e. The molecule has 2 aromatic rings. The van der Waals surface area contributed by atoms with Crippen molar-refractivity contribution < 1.29 is 13.9 Å². The molecule has 0 saturated carbocycles. The average Bonchev–Trinajstić information content (AvgIpc) is 3.17. The maximum Gasteiger partial charge on any atom is 0.341 e. The molecule has 2 rings (SSSR count). The predicted octanol–water partition coefficient (Wildman–Crippen LogP) is 4.05. The largest absolute Gasteiger partial charge is 0.465 e. The lowest BCUT2D eigenvalue weighted by Crippen LogP contribution is -2.43. The Morgan fingerprint density at radius 1 is 1.37 bits per heavy atom. The van der Waals surface area contributed by atoms with E-state index in [1.165, 1.54) is 16.9 Å². The second-order valence-electron chi connectivity index (χ2n) is 6.13. The number of furan rings is 1. The van der Waals surface area contributed by atoms with Gasteiger partial charge < -0.3 is 19.8 Å². The topological polar surface area (TPSA) is 75.9 Å². The zero-order valence-electron chi connectivity index (χ0n) is 16.4. The Hall–Kier alpha value is -1.55. The van der Waals surface area contributed by atoms with Crippen molar-refractivity contribution in [3.8, 4) is 0 Å². The molecule has 0 fully saturated rings. The minimum Gasteiger partial charge on any atom is -0.465 e. The number of hydrogen-bond acceptors (Lipinski definition) is 5. The summed E-state index contributed by atoms with van der Waals surface area (Å²) in [5.74, 6) is 1.50. The molecule has 0 saturated heterocycles. The summed E-state index contributed by atoms with van der Waals surface area (Å²) in [4.78, 5) is 18.9. The summed E-state index contributed by atoms with van der Waals surface area (Å²) >= 11 is 1.82. The van der Waals surface area contributed by atoms with Gasteiger partial charge in [-0.25, -0.2) is 9.79 Å². The normalized spacial score (nSPS) is 12.3. The molecule has 2 aromatic heterocycles. The number of ether oxygens (including phenoxy) is 1. The van der Waals surface area contributed by atoms with Gasteiger partial charge in [0.15, 0.2) is 5.96 Å². The molecule has 27 heavy (non-hydrogen) atoms. The number of methoxy groups -OCH3 is 1. The Balaban J connectivity index is 0.00000364. The summed E-state index contributed by atoms with van der Waals surface area (Å²) < 4.78 is 10.4. The van der Waals surface area contributed by atoms with Crippen molar-refractivity contribution in [3.63, 3.8) is 0 Å². The number of carbonyl (C=O) groups is 1. The minimum absolute atomic E-state index is 0. The number of thiophene rings is 1. The van der Waals surface area contributed by atoms with Gasteiger partial charge in [-0.3, -0.25) is 0 Å². The van der Waals surface area contributed by atoms with Crippen LogP contribution in [0.4, 0.5) is 0 Å². The van der Waals surface area contributed by atoms with Crippen molar-refractivity contribution in [1.82, 2.24) is 10.6 Å². The third kappa shape index (κ3) is 7.17. The molecule has 1 atom stereocenters. The fourth-order valence-electron chi connectivity index (χ4n) is 2.59. The molecule has 2 heterocycles. The van der Waals surface area contributed by atoms with Crippen molar-refractivity contribution >= 4 is 47.2 Å². The van der Waals surface area contributed by atoms with E-state index in [9.17, 15) is 4.79 Å². The Kier molecular flexibility index (Phi) is 9.86. The van der Waals surface area contributed by atoms with Crippen LogP contribution in [0, 0.1) is 13.8 Å². The molecule has 0 aliphatic carbocycles. The highest BCUT2D eigenvalue weighted by molar-refractivity contribution is 14.0. The van der Waals surface area contributed by atoms with Crippen molar-refractivity contribution in [2.24, 2.45) is 4.99 Å². The van der Waals surface area contributed by atoms with E-state index < -0.39 is 5.97 Å². The number of guanidine groups is 1. The second-order valence-corrected chi connectivity index (χ2v) is 7.50. The van der Waals surface area contributed by atoms with Crippen LogP contribution in [0.5, 0.6) is 0 Å². The molecule has 0 amide bonds. The quantitative estimate of drug-likeness (QED) is 0.257. The lowest BCUT2D eigenvalue weighted by atomic mass is 10.2. The van der Waals surface area contributed by atoms with Crippen LogP contribution in [0.25, 0.3) is 0 Å². The Bertz CT molecular complexity index is 770. The van der Waals surface area contributed by atoms with E-state index in [4.69, 9.17) is 9.15 Å². The van der Waals surface area contributed by atoms with E-state index >= 15 is 0 Å². The van der Waals surface area contributed by atoms with Gasteiger partial charge in [0, 0.05) is 28.8 Å². The number of hydrogen-bond donors (Lipinski definition) is 2. The molecule has 0 radical (unpaired) electrons. The number of aliphatic imine (C=N–C) groups is 1. The third-order valence-corrected chi connectivity index (χ3v) is 4.82. The summed E-state index contributed by atoms with van der Waals surface area (Å²) in [5.41, 5.74) is 0.442. The van der Waals surface area contributed by atoms with Crippen LogP contribution in [0.2, 0.25) is 0 Å². The zero-order valence-corrected chi connectivity index (χ0v) is 19.6. The maximum absolute atomic E-state index is 11.7. The lowest BCUT2D eigenvalue weighted by Gasteiger charge is -2.17. The highest BCUT2D eigenvalue weighted by Gasteiger charge is 2.15. The van der Waals surface area contributed by atoms with Gasteiger partial charge in [-0.1, -0.05) is 0 Å². The first-order valence-electron chi connectivity index (χ1n) is 8.70. The first kappa shape index (κ1) is 23.5. The first-order chi connectivity index (χ1) is 12.4. The van der Waals surface area contributed by atoms with Crippen molar-refractivity contribution in [2.45, 2.75) is 46.7 Å². The van der Waals surface area contributed by atoms with Gasteiger partial charge in [0.25, 0.3) is 0 Å². The molecular formula is C19H28IN3O3S. The van der Waals surface area contributed by atoms with Crippen LogP contribution in [-0.2, 0) is 17.7 Å². The summed E-state index contributed by atoms with van der Waals surface area (Å²) in [5, 5.41) is 6.65. The van der Waals surface area contributed by atoms with Crippen LogP contribution < -0.4 is 10.6 Å². The van der Waals surface area contributed by atoms with Gasteiger partial charge in [0.05, 0.1) is 7.11 Å². The number of nitrogens with zero attached hydrogens (tertiary/aromatic N) is 1. The molecule has 0 bridgehead atoms. The monoisotopic (exact) mass is 505 g/mol. The van der Waals surface area contributed by atoms with Gasteiger partial charge >= 0.3 is 5.97 Å². The van der Waals surface area contributed by atoms with Crippen LogP contribution >= 0.6 is 35.3 Å². The highest BCUT2D eigenvalue weighted by Crippen LogP contribution is 2.17. The number of aryl methyl sites for hydroxylation is 2. The number of rotatable bonds is 7. The number of esters is 1. The average molecular weight is 505 g/mol. The molecule has 6 nitrogen and oxygen atoms in total. The van der Waals surface area contributed by atoms with E-state index in [2.05, 4.69) is 41.6 Å². The third-order valence-electron chi connectivity index (χ3n) is 3.80. The van der Waals surface area contributed by atoms with E-state index in [-0.39, 0.29) is 30.0 Å². The second kappa shape index (κ2) is 11.3. The molecule has 0 aromatic carbocycles. The van der Waals surface area contributed by atoms with Gasteiger partial charge in [-0.2, -0.15) is 0 Å². The van der Waals surface area contributed by atoms with Gasteiger partial charge in [-0.05, 0) is 45.9 Å². The van der Waals surface area contributed by atoms with Crippen LogP contribution in [-0.4, -0.2) is 31.6 Å². The highest BCUT2D eigenvalue weighted by atomic mass is 127. The Morgan fingerprint density at radius 3 is 2.70 bits per heavy atom. The predicted molar refractivity (Wildman–Crippen MR) is 120 cm³/mol. The summed E-state index contributed by atoms with van der Waals surface area (Å²) in [6, 6.07) is 6.24. The van der Waals surface area contributed by atoms with Crippen LogP contribution in [0.15, 0.2) is 27.6 Å². The fourth-order valence-corrected chi connectivity index (χ4v) is 3.61. The van der Waals surface area contributed by atoms with E-state index in [0.717, 1.165) is 18.9 Å². The van der Waals surface area contributed by atoms with E-state index in [0.29, 0.717) is 23.6 Å². The van der Waals surface area contributed by atoms with Gasteiger partial charge in [-0.15, -0.1) is 35.3 Å². The fraction of sp³-hybridized carbons (Fsp3) is 0.474. The molecule has 0 aliphatic heterocycles. The van der Waals surface area contributed by atoms with Crippen molar-refractivity contribution in [3.05, 3.63) is 45.0 Å². The molecule has 1 unspecified atom stereocenters. The van der Waals surface area contributed by atoms with Gasteiger partial charge in [0.2, 0.25) is 0 Å². The molecule has 2 N–H and O–H groups in total. The molecule has 0 spiro atoms. The summed E-state index contributed by atoms with van der Waals surface area (Å²) in [7, 11) is 1.36. The van der Waals surface area contributed by atoms with Crippen molar-refractivity contribution in [1.29, 1.82) is 0 Å². The van der Waals surface area contributed by atoms with E-state index in [1.54, 1.807) is 13.0 Å².